The number of carbonyl (C=O) groups is 1. The van der Waals surface area contributed by atoms with E-state index < -0.39 is 0 Å². The number of carbonyl (C=O) groups excluding carboxylic acids is 1. The molecule has 0 radical (unpaired) electrons. The second-order valence-electron chi connectivity index (χ2n) is 2.99. The fourth-order valence-corrected chi connectivity index (χ4v) is 0.985. The molecule has 13 heavy (non-hydrogen) atoms. The molecule has 0 N–H and O–H groups in total. The van der Waals surface area contributed by atoms with E-state index in [1.807, 2.05) is 32.0 Å². The van der Waals surface area contributed by atoms with E-state index in [2.05, 4.69) is 0 Å². The van der Waals surface area contributed by atoms with Gasteiger partial charge >= 0.3 is 0 Å². The molecule has 0 heterocycles. The Morgan fingerprint density at radius 1 is 1.46 bits per heavy atom. The Morgan fingerprint density at radius 3 is 2.77 bits per heavy atom. The van der Waals surface area contributed by atoms with Gasteiger partial charge in [0.05, 0.1) is 11.7 Å². The first kappa shape index (κ1) is 9.78. The summed E-state index contributed by atoms with van der Waals surface area (Å²) >= 11 is 0. The molecule has 0 bridgehead atoms. The number of rotatable bonds is 4. The van der Waals surface area contributed by atoms with Crippen molar-refractivity contribution in [3.63, 3.8) is 0 Å². The smallest absolute Gasteiger partial charge is 0.153 e. The summed E-state index contributed by atoms with van der Waals surface area (Å²) < 4.78 is 5.55. The lowest BCUT2D eigenvalue weighted by molar-refractivity contribution is 0.111. The van der Waals surface area contributed by atoms with Crippen molar-refractivity contribution >= 4 is 6.29 Å². The average Bonchev–Trinajstić information content (AvgIpc) is 2.18. The number of aldehydes is 1. The Morgan fingerprint density at radius 2 is 2.15 bits per heavy atom. The second kappa shape index (κ2) is 4.65. The normalized spacial score (nSPS) is 12.2. The molecule has 0 saturated carbocycles. The zero-order valence-electron chi connectivity index (χ0n) is 7.99. The number of ether oxygens (including phenoxy) is 1. The molecule has 1 aromatic carbocycles. The van der Waals surface area contributed by atoms with E-state index in [1.165, 1.54) is 0 Å². The highest BCUT2D eigenvalue weighted by atomic mass is 16.5. The predicted molar refractivity (Wildman–Crippen MR) is 52.2 cm³/mol. The van der Waals surface area contributed by atoms with Crippen LogP contribution < -0.4 is 4.74 Å². The fraction of sp³-hybridized carbons (Fsp3) is 0.364. The van der Waals surface area contributed by atoms with Gasteiger partial charge in [0.25, 0.3) is 0 Å². The highest BCUT2D eigenvalue weighted by Crippen LogP contribution is 2.17. The molecule has 1 rings (SSSR count). The third-order valence-corrected chi connectivity index (χ3v) is 1.95. The van der Waals surface area contributed by atoms with Crippen molar-refractivity contribution in [1.82, 2.24) is 0 Å². The van der Waals surface area contributed by atoms with Crippen molar-refractivity contribution in [2.45, 2.75) is 26.4 Å². The van der Waals surface area contributed by atoms with Crippen LogP contribution in [0, 0.1) is 0 Å². The molecule has 0 aliphatic carbocycles. The van der Waals surface area contributed by atoms with Crippen LogP contribution in [0.5, 0.6) is 5.75 Å². The minimum Gasteiger partial charge on any atom is -0.490 e. The summed E-state index contributed by atoms with van der Waals surface area (Å²) in [5.41, 5.74) is 0.614. The molecule has 0 spiro atoms. The molecule has 0 saturated heterocycles. The second-order valence-corrected chi connectivity index (χ2v) is 2.99. The molecule has 0 aliphatic rings. The van der Waals surface area contributed by atoms with Crippen molar-refractivity contribution in [2.75, 3.05) is 0 Å². The zero-order valence-corrected chi connectivity index (χ0v) is 7.99. The van der Waals surface area contributed by atoms with Gasteiger partial charge in [0.1, 0.15) is 5.75 Å². The van der Waals surface area contributed by atoms with Crippen molar-refractivity contribution in [2.24, 2.45) is 0 Å². The van der Waals surface area contributed by atoms with Gasteiger partial charge in [-0.25, -0.2) is 0 Å². The minimum absolute atomic E-state index is 0.154. The highest BCUT2D eigenvalue weighted by Gasteiger charge is 2.04. The largest absolute Gasteiger partial charge is 0.490 e. The van der Waals surface area contributed by atoms with Crippen LogP contribution in [0.2, 0.25) is 0 Å². The molecule has 2 heteroatoms. The van der Waals surface area contributed by atoms with Gasteiger partial charge in [-0.15, -0.1) is 0 Å². The number of hydrogen-bond acceptors (Lipinski definition) is 2. The monoisotopic (exact) mass is 178 g/mol. The van der Waals surface area contributed by atoms with Crippen LogP contribution in [0.3, 0.4) is 0 Å². The Labute approximate surface area is 78.5 Å². The molecule has 70 valence electrons. The zero-order chi connectivity index (χ0) is 9.68. The van der Waals surface area contributed by atoms with Gasteiger partial charge in [-0.05, 0) is 25.5 Å². The molecule has 0 amide bonds. The summed E-state index contributed by atoms with van der Waals surface area (Å²) in [6, 6.07) is 7.26. The van der Waals surface area contributed by atoms with E-state index in [1.54, 1.807) is 6.07 Å². The first-order valence-corrected chi connectivity index (χ1v) is 4.48. The Hall–Kier alpha value is -1.31. The quantitative estimate of drug-likeness (QED) is 0.662. The van der Waals surface area contributed by atoms with Crippen LogP contribution in [0.15, 0.2) is 24.3 Å². The topological polar surface area (TPSA) is 26.3 Å². The van der Waals surface area contributed by atoms with Gasteiger partial charge in [-0.1, -0.05) is 19.1 Å². The lowest BCUT2D eigenvalue weighted by Crippen LogP contribution is -2.10. The molecular formula is C11H14O2. The van der Waals surface area contributed by atoms with Crippen LogP contribution in [-0.2, 0) is 0 Å². The summed E-state index contributed by atoms with van der Waals surface area (Å²) in [4.78, 5) is 10.6. The fourth-order valence-electron chi connectivity index (χ4n) is 0.985. The maximum atomic E-state index is 10.6. The number of para-hydroxylation sites is 1. The van der Waals surface area contributed by atoms with E-state index in [9.17, 15) is 4.79 Å². The summed E-state index contributed by atoms with van der Waals surface area (Å²) in [6.07, 6.45) is 1.91. The van der Waals surface area contributed by atoms with Gasteiger partial charge in [-0.2, -0.15) is 0 Å². The van der Waals surface area contributed by atoms with E-state index in [4.69, 9.17) is 4.74 Å². The Bertz CT molecular complexity index is 281. The van der Waals surface area contributed by atoms with E-state index in [0.29, 0.717) is 11.3 Å². The van der Waals surface area contributed by atoms with Crippen LogP contribution in [0.1, 0.15) is 30.6 Å². The van der Waals surface area contributed by atoms with E-state index >= 15 is 0 Å². The maximum Gasteiger partial charge on any atom is 0.153 e. The van der Waals surface area contributed by atoms with E-state index in [-0.39, 0.29) is 6.10 Å². The third kappa shape index (κ3) is 2.58. The van der Waals surface area contributed by atoms with Gasteiger partial charge in [-0.3, -0.25) is 4.79 Å². The lowest BCUT2D eigenvalue weighted by atomic mass is 10.2. The molecule has 2 nitrogen and oxygen atoms in total. The summed E-state index contributed by atoms with van der Waals surface area (Å²) in [6.45, 7) is 4.04. The van der Waals surface area contributed by atoms with Gasteiger partial charge < -0.3 is 4.74 Å². The SMILES string of the molecule is CC[C@H](C)Oc1ccccc1C=O. The van der Waals surface area contributed by atoms with Crippen LogP contribution in [0.25, 0.3) is 0 Å². The Balaban J connectivity index is 2.80. The first-order chi connectivity index (χ1) is 6.27. The van der Waals surface area contributed by atoms with Crippen molar-refractivity contribution in [3.05, 3.63) is 29.8 Å². The highest BCUT2D eigenvalue weighted by molar-refractivity contribution is 5.79. The summed E-state index contributed by atoms with van der Waals surface area (Å²) in [5, 5.41) is 0. The summed E-state index contributed by atoms with van der Waals surface area (Å²) in [5.74, 6) is 0.673. The van der Waals surface area contributed by atoms with Crippen molar-refractivity contribution < 1.29 is 9.53 Å². The molecule has 1 aromatic rings. The van der Waals surface area contributed by atoms with Crippen LogP contribution in [-0.4, -0.2) is 12.4 Å². The van der Waals surface area contributed by atoms with Gasteiger partial charge in [0, 0.05) is 0 Å². The average molecular weight is 178 g/mol. The van der Waals surface area contributed by atoms with Gasteiger partial charge in [0.2, 0.25) is 0 Å². The predicted octanol–water partition coefficient (Wildman–Crippen LogP) is 2.68. The third-order valence-electron chi connectivity index (χ3n) is 1.95. The number of hydrogen-bond donors (Lipinski definition) is 0. The standard InChI is InChI=1S/C11H14O2/c1-3-9(2)13-11-7-5-4-6-10(11)8-12/h4-9H,3H2,1-2H3/t9-/m0/s1. The van der Waals surface area contributed by atoms with E-state index in [0.717, 1.165) is 12.7 Å². The molecule has 0 aliphatic heterocycles. The molecular weight excluding hydrogens is 164 g/mol. The maximum absolute atomic E-state index is 10.6. The molecule has 0 aromatic heterocycles. The van der Waals surface area contributed by atoms with Gasteiger partial charge in [0.15, 0.2) is 6.29 Å². The Kier molecular flexibility index (Phi) is 3.50. The number of benzene rings is 1. The van der Waals surface area contributed by atoms with Crippen LogP contribution in [0.4, 0.5) is 0 Å². The van der Waals surface area contributed by atoms with Crippen molar-refractivity contribution in [3.8, 4) is 5.75 Å². The minimum atomic E-state index is 0.154. The molecule has 0 fully saturated rings. The van der Waals surface area contributed by atoms with Crippen LogP contribution >= 0.6 is 0 Å². The lowest BCUT2D eigenvalue weighted by Gasteiger charge is -2.13. The summed E-state index contributed by atoms with van der Waals surface area (Å²) in [7, 11) is 0. The molecule has 1 atom stereocenters. The molecule has 0 unspecified atom stereocenters. The van der Waals surface area contributed by atoms with Crippen molar-refractivity contribution in [1.29, 1.82) is 0 Å². The first-order valence-electron chi connectivity index (χ1n) is 4.48.